The van der Waals surface area contributed by atoms with Crippen LogP contribution in [0.3, 0.4) is 0 Å². The summed E-state index contributed by atoms with van der Waals surface area (Å²) in [6.45, 7) is 12.5. The van der Waals surface area contributed by atoms with Gasteiger partial charge in [0, 0.05) is 32.7 Å². The Morgan fingerprint density at radius 2 is 1.91 bits per heavy atom. The largest absolute Gasteiger partial charge is 0.356 e. The number of nitrogens with one attached hydrogen (secondary N) is 2. The third-order valence-corrected chi connectivity index (χ3v) is 5.01. The van der Waals surface area contributed by atoms with Crippen LogP contribution in [0.25, 0.3) is 0 Å². The van der Waals surface area contributed by atoms with Gasteiger partial charge in [-0.3, -0.25) is 4.99 Å². The Morgan fingerprint density at radius 1 is 1.30 bits per heavy atom. The van der Waals surface area contributed by atoms with E-state index in [0.717, 1.165) is 25.2 Å². The lowest BCUT2D eigenvalue weighted by Crippen LogP contribution is -2.43. The van der Waals surface area contributed by atoms with Gasteiger partial charge in [-0.15, -0.1) is 0 Å². The standard InChI is InChI=1S/C16H36N4O2S/c1-8-20(23(7,21)22)13-9-12-18-15(17-6)19-14(2)10-11-16(3,4)5/h14H,8-13H2,1-7H3,(H2,17,18,19). The summed E-state index contributed by atoms with van der Waals surface area (Å²) in [5.74, 6) is 0.772. The third-order valence-electron chi connectivity index (χ3n) is 3.63. The summed E-state index contributed by atoms with van der Waals surface area (Å²) >= 11 is 0. The average molecular weight is 349 g/mol. The molecule has 0 aliphatic heterocycles. The number of hydrogen-bond acceptors (Lipinski definition) is 3. The van der Waals surface area contributed by atoms with Crippen molar-refractivity contribution in [3.63, 3.8) is 0 Å². The van der Waals surface area contributed by atoms with Crippen molar-refractivity contribution in [1.29, 1.82) is 0 Å². The summed E-state index contributed by atoms with van der Waals surface area (Å²) in [7, 11) is -1.35. The summed E-state index contributed by atoms with van der Waals surface area (Å²) in [6.07, 6.45) is 4.24. The van der Waals surface area contributed by atoms with Crippen LogP contribution in [0.4, 0.5) is 0 Å². The summed E-state index contributed by atoms with van der Waals surface area (Å²) in [4.78, 5) is 4.22. The molecule has 0 aromatic heterocycles. The lowest BCUT2D eigenvalue weighted by molar-refractivity contribution is 0.346. The van der Waals surface area contributed by atoms with E-state index < -0.39 is 10.0 Å². The highest BCUT2D eigenvalue weighted by Crippen LogP contribution is 2.21. The van der Waals surface area contributed by atoms with E-state index in [2.05, 4.69) is 43.3 Å². The van der Waals surface area contributed by atoms with Crippen LogP contribution in [0.1, 0.15) is 53.9 Å². The van der Waals surface area contributed by atoms with Gasteiger partial charge >= 0.3 is 0 Å². The fourth-order valence-electron chi connectivity index (χ4n) is 2.17. The first-order chi connectivity index (χ1) is 10.5. The van der Waals surface area contributed by atoms with E-state index in [4.69, 9.17) is 0 Å². The molecule has 0 aliphatic rings. The van der Waals surface area contributed by atoms with Gasteiger partial charge in [0.15, 0.2) is 5.96 Å². The van der Waals surface area contributed by atoms with Gasteiger partial charge in [-0.2, -0.15) is 0 Å². The van der Waals surface area contributed by atoms with Gasteiger partial charge in [0.2, 0.25) is 10.0 Å². The highest BCUT2D eigenvalue weighted by molar-refractivity contribution is 7.88. The second-order valence-electron chi connectivity index (χ2n) is 7.25. The minimum Gasteiger partial charge on any atom is -0.356 e. The molecule has 0 amide bonds. The summed E-state index contributed by atoms with van der Waals surface area (Å²) < 4.78 is 24.5. The van der Waals surface area contributed by atoms with Gasteiger partial charge in [0.1, 0.15) is 0 Å². The minimum atomic E-state index is -3.10. The molecule has 0 saturated heterocycles. The summed E-state index contributed by atoms with van der Waals surface area (Å²) in [5.41, 5.74) is 0.335. The van der Waals surface area contributed by atoms with Crippen molar-refractivity contribution in [3.05, 3.63) is 0 Å². The zero-order valence-electron chi connectivity index (χ0n) is 15.9. The molecule has 0 fully saturated rings. The maximum Gasteiger partial charge on any atom is 0.211 e. The van der Waals surface area contributed by atoms with Crippen LogP contribution in [0.5, 0.6) is 0 Å². The van der Waals surface area contributed by atoms with Crippen molar-refractivity contribution >= 4 is 16.0 Å². The zero-order chi connectivity index (χ0) is 18.1. The first-order valence-corrected chi connectivity index (χ1v) is 10.3. The molecule has 23 heavy (non-hydrogen) atoms. The molecule has 138 valence electrons. The number of aliphatic imine (C=N–C) groups is 1. The molecule has 1 atom stereocenters. The fourth-order valence-corrected chi connectivity index (χ4v) is 3.10. The average Bonchev–Trinajstić information content (AvgIpc) is 2.41. The van der Waals surface area contributed by atoms with Crippen LogP contribution in [0.2, 0.25) is 0 Å². The number of guanidine groups is 1. The highest BCUT2D eigenvalue weighted by Gasteiger charge is 2.14. The number of rotatable bonds is 9. The normalized spacial score (nSPS) is 14.9. The van der Waals surface area contributed by atoms with E-state index in [1.165, 1.54) is 10.6 Å². The summed E-state index contributed by atoms with van der Waals surface area (Å²) in [6, 6.07) is 0.351. The maximum absolute atomic E-state index is 11.5. The monoisotopic (exact) mass is 348 g/mol. The lowest BCUT2D eigenvalue weighted by atomic mass is 9.89. The van der Waals surface area contributed by atoms with Crippen LogP contribution in [-0.4, -0.2) is 57.7 Å². The number of hydrogen-bond donors (Lipinski definition) is 2. The second kappa shape index (κ2) is 10.1. The van der Waals surface area contributed by atoms with Crippen molar-refractivity contribution in [1.82, 2.24) is 14.9 Å². The second-order valence-corrected chi connectivity index (χ2v) is 9.23. The Morgan fingerprint density at radius 3 is 2.35 bits per heavy atom. The smallest absolute Gasteiger partial charge is 0.211 e. The van der Waals surface area contributed by atoms with Crippen LogP contribution in [0.15, 0.2) is 4.99 Å². The molecule has 0 rings (SSSR count). The van der Waals surface area contributed by atoms with E-state index in [1.807, 2.05) is 6.92 Å². The molecule has 1 unspecified atom stereocenters. The van der Waals surface area contributed by atoms with Crippen molar-refractivity contribution in [2.75, 3.05) is 32.9 Å². The fraction of sp³-hybridized carbons (Fsp3) is 0.938. The number of nitrogens with zero attached hydrogens (tertiary/aromatic N) is 2. The molecule has 0 spiro atoms. The molecule has 7 heteroatoms. The Hall–Kier alpha value is -0.820. The topological polar surface area (TPSA) is 73.8 Å². The molecule has 2 N–H and O–H groups in total. The SMILES string of the molecule is CCN(CCCNC(=NC)NC(C)CCC(C)(C)C)S(C)(=O)=O. The number of sulfonamides is 1. The molecule has 0 heterocycles. The first kappa shape index (κ1) is 22.2. The van der Waals surface area contributed by atoms with Crippen molar-refractivity contribution in [3.8, 4) is 0 Å². The quantitative estimate of drug-likeness (QED) is 0.380. The molecule has 0 saturated carbocycles. The third kappa shape index (κ3) is 11.4. The van der Waals surface area contributed by atoms with Gasteiger partial charge in [0.25, 0.3) is 0 Å². The van der Waals surface area contributed by atoms with E-state index in [0.29, 0.717) is 31.1 Å². The molecular weight excluding hydrogens is 312 g/mol. The van der Waals surface area contributed by atoms with Gasteiger partial charge in [0.05, 0.1) is 6.26 Å². The molecular formula is C16H36N4O2S. The minimum absolute atomic E-state index is 0.335. The Balaban J connectivity index is 4.12. The lowest BCUT2D eigenvalue weighted by Gasteiger charge is -2.23. The van der Waals surface area contributed by atoms with Crippen LogP contribution in [0, 0.1) is 5.41 Å². The van der Waals surface area contributed by atoms with Gasteiger partial charge < -0.3 is 10.6 Å². The van der Waals surface area contributed by atoms with Gasteiger partial charge in [-0.25, -0.2) is 12.7 Å². The highest BCUT2D eigenvalue weighted by atomic mass is 32.2. The van der Waals surface area contributed by atoms with Crippen LogP contribution in [-0.2, 0) is 10.0 Å². The Kier molecular flexibility index (Phi) is 9.77. The molecule has 0 radical (unpaired) electrons. The predicted octanol–water partition coefficient (Wildman–Crippen LogP) is 2.04. The molecule has 6 nitrogen and oxygen atoms in total. The van der Waals surface area contributed by atoms with Crippen LogP contribution >= 0.6 is 0 Å². The van der Waals surface area contributed by atoms with Crippen molar-refractivity contribution < 1.29 is 8.42 Å². The Bertz CT molecular complexity index is 455. The van der Waals surface area contributed by atoms with Crippen molar-refractivity contribution in [2.45, 2.75) is 59.9 Å². The Labute approximate surface area is 143 Å². The van der Waals surface area contributed by atoms with Gasteiger partial charge in [-0.1, -0.05) is 27.7 Å². The van der Waals surface area contributed by atoms with E-state index in [1.54, 1.807) is 7.05 Å². The molecule has 0 aromatic rings. The van der Waals surface area contributed by atoms with E-state index >= 15 is 0 Å². The molecule has 0 aromatic carbocycles. The molecule has 0 aliphatic carbocycles. The summed E-state index contributed by atoms with van der Waals surface area (Å²) in [5, 5.41) is 6.62. The predicted molar refractivity (Wildman–Crippen MR) is 99.4 cm³/mol. The molecule has 0 bridgehead atoms. The van der Waals surface area contributed by atoms with E-state index in [-0.39, 0.29) is 0 Å². The van der Waals surface area contributed by atoms with Crippen molar-refractivity contribution in [2.24, 2.45) is 10.4 Å². The first-order valence-electron chi connectivity index (χ1n) is 8.42. The zero-order valence-corrected chi connectivity index (χ0v) is 16.8. The van der Waals surface area contributed by atoms with Gasteiger partial charge in [-0.05, 0) is 31.6 Å². The maximum atomic E-state index is 11.5. The van der Waals surface area contributed by atoms with E-state index in [9.17, 15) is 8.42 Å². The van der Waals surface area contributed by atoms with Crippen LogP contribution < -0.4 is 10.6 Å².